The Morgan fingerprint density at radius 3 is 2.51 bits per heavy atom. The zero-order valence-electron chi connectivity index (χ0n) is 26.8. The van der Waals surface area contributed by atoms with Gasteiger partial charge in [0, 0.05) is 5.56 Å². The Bertz CT molecular complexity index is 2040. The number of nitrogens with zero attached hydrogens (tertiary/aromatic N) is 2. The van der Waals surface area contributed by atoms with Crippen LogP contribution in [0.2, 0.25) is 0 Å². The maximum atomic E-state index is 14.2. The second-order valence-corrected chi connectivity index (χ2v) is 12.7. The monoisotopic (exact) mass is 724 g/mol. The van der Waals surface area contributed by atoms with E-state index < -0.39 is 12.0 Å². The van der Waals surface area contributed by atoms with Crippen LogP contribution in [0, 0.1) is 5.82 Å². The number of hydrogen-bond acceptors (Lipinski definition) is 9. The number of rotatable bonds is 11. The van der Waals surface area contributed by atoms with Gasteiger partial charge in [-0.2, -0.15) is 0 Å². The lowest BCUT2D eigenvalue weighted by Crippen LogP contribution is -2.40. The average Bonchev–Trinajstić information content (AvgIpc) is 3.33. The van der Waals surface area contributed by atoms with Crippen molar-refractivity contribution in [2.24, 2.45) is 4.99 Å². The Kier molecular flexibility index (Phi) is 10.5. The highest BCUT2D eigenvalue weighted by atomic mass is 79.9. The van der Waals surface area contributed by atoms with E-state index in [2.05, 4.69) is 20.9 Å². The van der Waals surface area contributed by atoms with Crippen molar-refractivity contribution in [2.45, 2.75) is 46.4 Å². The normalized spacial score (nSPS) is 14.5. The van der Waals surface area contributed by atoms with Crippen molar-refractivity contribution < 1.29 is 32.9 Å². The molecule has 1 aromatic heterocycles. The quantitative estimate of drug-likeness (QED) is 0.173. The number of ether oxygens (including phenoxy) is 5. The van der Waals surface area contributed by atoms with Gasteiger partial charge in [0.2, 0.25) is 0 Å². The van der Waals surface area contributed by atoms with Crippen LogP contribution in [-0.4, -0.2) is 37.5 Å². The molecule has 0 fully saturated rings. The van der Waals surface area contributed by atoms with Crippen molar-refractivity contribution in [3.8, 4) is 23.0 Å². The van der Waals surface area contributed by atoms with E-state index in [4.69, 9.17) is 23.7 Å². The molecule has 246 valence electrons. The molecule has 0 saturated heterocycles. The molecule has 0 saturated carbocycles. The number of benzene rings is 3. The van der Waals surface area contributed by atoms with Crippen molar-refractivity contribution in [2.75, 3.05) is 20.8 Å². The van der Waals surface area contributed by atoms with Gasteiger partial charge in [0.05, 0.1) is 53.2 Å². The van der Waals surface area contributed by atoms with E-state index in [1.54, 1.807) is 62.4 Å². The van der Waals surface area contributed by atoms with Crippen molar-refractivity contribution in [3.63, 3.8) is 0 Å². The molecule has 9 nitrogen and oxygen atoms in total. The summed E-state index contributed by atoms with van der Waals surface area (Å²) in [6, 6.07) is 14.4. The minimum atomic E-state index is -0.829. The number of carbonyl (C=O) groups excluding carboxylic acids is 1. The molecule has 0 N–H and O–H groups in total. The van der Waals surface area contributed by atoms with Gasteiger partial charge in [-0.05, 0) is 91.2 Å². The van der Waals surface area contributed by atoms with Gasteiger partial charge < -0.3 is 23.7 Å². The zero-order valence-corrected chi connectivity index (χ0v) is 29.2. The van der Waals surface area contributed by atoms with Crippen molar-refractivity contribution in [1.29, 1.82) is 0 Å². The van der Waals surface area contributed by atoms with Crippen LogP contribution in [-0.2, 0) is 16.1 Å². The summed E-state index contributed by atoms with van der Waals surface area (Å²) >= 11 is 4.74. The van der Waals surface area contributed by atoms with E-state index in [0.717, 1.165) is 0 Å². The molecule has 1 aliphatic heterocycles. The molecule has 4 aromatic rings. The van der Waals surface area contributed by atoms with E-state index in [1.165, 1.54) is 36.2 Å². The maximum Gasteiger partial charge on any atom is 0.338 e. The molecule has 47 heavy (non-hydrogen) atoms. The minimum absolute atomic E-state index is 0.00289. The highest BCUT2D eigenvalue weighted by molar-refractivity contribution is 9.10. The molecule has 0 unspecified atom stereocenters. The molecule has 0 amide bonds. The van der Waals surface area contributed by atoms with Crippen LogP contribution in [0.15, 0.2) is 80.1 Å². The van der Waals surface area contributed by atoms with Crippen LogP contribution in [0.1, 0.15) is 50.4 Å². The summed E-state index contributed by atoms with van der Waals surface area (Å²) in [5.74, 6) is 0.858. The van der Waals surface area contributed by atoms with E-state index >= 15 is 0 Å². The molecule has 0 bridgehead atoms. The SMILES string of the molecule is CCOC(=O)C1=C(C)N=c2s/c(=C\c3cc(Br)c(OCc4ccccc4F)c(OC)c3)c(=O)n2[C@@H]1c1ccc(OC(C)C)c(OC)c1. The first-order valence-electron chi connectivity index (χ1n) is 14.8. The fourth-order valence-corrected chi connectivity index (χ4v) is 6.81. The lowest BCUT2D eigenvalue weighted by molar-refractivity contribution is -0.139. The second-order valence-electron chi connectivity index (χ2n) is 10.8. The number of methoxy groups -OCH3 is 2. The van der Waals surface area contributed by atoms with Gasteiger partial charge in [0.15, 0.2) is 27.8 Å². The summed E-state index contributed by atoms with van der Waals surface area (Å²) in [4.78, 5) is 32.5. The van der Waals surface area contributed by atoms with Gasteiger partial charge in [-0.25, -0.2) is 14.2 Å². The van der Waals surface area contributed by atoms with Gasteiger partial charge >= 0.3 is 5.97 Å². The van der Waals surface area contributed by atoms with E-state index in [0.29, 0.717) is 59.2 Å². The summed E-state index contributed by atoms with van der Waals surface area (Å²) in [7, 11) is 3.04. The summed E-state index contributed by atoms with van der Waals surface area (Å²) in [5.41, 5.74) is 2.04. The third-order valence-electron chi connectivity index (χ3n) is 7.26. The minimum Gasteiger partial charge on any atom is -0.493 e. The van der Waals surface area contributed by atoms with Crippen LogP contribution < -0.4 is 33.8 Å². The molecular formula is C35H34BrFN2O7S. The molecule has 0 aliphatic carbocycles. The first-order valence-corrected chi connectivity index (χ1v) is 16.4. The first-order chi connectivity index (χ1) is 22.6. The molecule has 0 spiro atoms. The van der Waals surface area contributed by atoms with Crippen LogP contribution >= 0.6 is 27.3 Å². The smallest absolute Gasteiger partial charge is 0.338 e. The number of halogens is 2. The Hall–Kier alpha value is -4.42. The van der Waals surface area contributed by atoms with Crippen LogP contribution in [0.25, 0.3) is 6.08 Å². The summed E-state index contributed by atoms with van der Waals surface area (Å²) in [5, 5.41) is 0. The number of fused-ring (bicyclic) bond motifs is 1. The summed E-state index contributed by atoms with van der Waals surface area (Å²) in [6.07, 6.45) is 1.63. The number of thiazole rings is 1. The molecule has 3 aromatic carbocycles. The Morgan fingerprint density at radius 1 is 1.09 bits per heavy atom. The highest BCUT2D eigenvalue weighted by Gasteiger charge is 2.34. The predicted molar refractivity (Wildman–Crippen MR) is 181 cm³/mol. The predicted octanol–water partition coefficient (Wildman–Crippen LogP) is 6.08. The lowest BCUT2D eigenvalue weighted by Gasteiger charge is -2.25. The first kappa shape index (κ1) is 33.9. The number of aromatic nitrogens is 1. The molecule has 1 atom stereocenters. The van der Waals surface area contributed by atoms with E-state index in [9.17, 15) is 14.0 Å². The third-order valence-corrected chi connectivity index (χ3v) is 8.83. The standard InChI is InChI=1S/C35H34BrFN2O7S/c1-7-44-34(41)30-20(4)38-35-39(31(30)22-12-13-26(46-19(2)3)27(17-22)42-5)33(40)29(47-35)16-21-14-24(36)32(28(15-21)43-6)45-18-23-10-8-9-11-25(23)37/h8-17,19,31H,7,18H2,1-6H3/b29-16-/t31-/m1/s1. The number of allylic oxidation sites excluding steroid dienone is 1. The number of carbonyl (C=O) groups is 1. The zero-order chi connectivity index (χ0) is 33.8. The van der Waals surface area contributed by atoms with Gasteiger partial charge in [0.1, 0.15) is 12.4 Å². The Morgan fingerprint density at radius 2 is 1.83 bits per heavy atom. The highest BCUT2D eigenvalue weighted by Crippen LogP contribution is 2.38. The molecular weight excluding hydrogens is 691 g/mol. The Balaban J connectivity index is 1.60. The van der Waals surface area contributed by atoms with E-state index in [-0.39, 0.29) is 36.3 Å². The largest absolute Gasteiger partial charge is 0.493 e. The van der Waals surface area contributed by atoms with Crippen molar-refractivity contribution in [1.82, 2.24) is 4.57 Å². The molecule has 12 heteroatoms. The van der Waals surface area contributed by atoms with Crippen LogP contribution in [0.4, 0.5) is 4.39 Å². The van der Waals surface area contributed by atoms with Gasteiger partial charge in [0.25, 0.3) is 5.56 Å². The van der Waals surface area contributed by atoms with Gasteiger partial charge in [-0.3, -0.25) is 9.36 Å². The maximum absolute atomic E-state index is 14.2. The fourth-order valence-electron chi connectivity index (χ4n) is 5.19. The average molecular weight is 726 g/mol. The number of hydrogen-bond donors (Lipinski definition) is 0. The number of esters is 1. The fraction of sp³-hybridized carbons (Fsp3) is 0.286. The Labute approximate surface area is 283 Å². The molecule has 1 aliphatic rings. The second kappa shape index (κ2) is 14.6. The van der Waals surface area contributed by atoms with Gasteiger partial charge in [-0.1, -0.05) is 35.6 Å². The van der Waals surface area contributed by atoms with Crippen LogP contribution in [0.3, 0.4) is 0 Å². The lowest BCUT2D eigenvalue weighted by atomic mass is 9.95. The summed E-state index contributed by atoms with van der Waals surface area (Å²) < 4.78 is 45.1. The molecule has 2 heterocycles. The van der Waals surface area contributed by atoms with E-state index in [1.807, 2.05) is 19.9 Å². The topological polar surface area (TPSA) is 97.6 Å². The summed E-state index contributed by atoms with van der Waals surface area (Å²) in [6.45, 7) is 7.44. The van der Waals surface area contributed by atoms with Gasteiger partial charge in [-0.15, -0.1) is 0 Å². The van der Waals surface area contributed by atoms with Crippen molar-refractivity contribution >= 4 is 39.3 Å². The van der Waals surface area contributed by atoms with Crippen molar-refractivity contribution in [3.05, 3.63) is 113 Å². The molecule has 5 rings (SSSR count). The van der Waals surface area contributed by atoms with Crippen LogP contribution in [0.5, 0.6) is 23.0 Å². The molecule has 0 radical (unpaired) electrons. The third kappa shape index (κ3) is 7.13.